The Morgan fingerprint density at radius 1 is 1.06 bits per heavy atom. The van der Waals surface area contributed by atoms with Crippen molar-refractivity contribution < 1.29 is 14.7 Å². The molecule has 1 heterocycles. The predicted octanol–water partition coefficient (Wildman–Crippen LogP) is 5.45. The van der Waals surface area contributed by atoms with E-state index >= 15 is 0 Å². The third kappa shape index (κ3) is 4.56. The summed E-state index contributed by atoms with van der Waals surface area (Å²) in [6.45, 7) is 11.1. The molecular weight excluding hydrogens is 438 g/mol. The average Bonchev–Trinajstić information content (AvgIpc) is 3.39. The summed E-state index contributed by atoms with van der Waals surface area (Å²) >= 11 is 0. The van der Waals surface area contributed by atoms with Crippen LogP contribution in [0, 0.1) is 46.3 Å². The summed E-state index contributed by atoms with van der Waals surface area (Å²) in [6.07, 6.45) is 11.5. The SMILES string of the molecule is C/C(=N\OC(=O)N(C)CC1CC(C)CN1)[C@H]1CC[C@H]2[C@@H]3CC[C@@H]4C[C@@H](O)CC[C@]4(C)[C@H]3CC[C@]12C. The molecule has 4 saturated carbocycles. The predicted molar refractivity (Wildman–Crippen MR) is 139 cm³/mol. The smallest absolute Gasteiger partial charge is 0.393 e. The van der Waals surface area contributed by atoms with Crippen LogP contribution in [0.5, 0.6) is 0 Å². The minimum atomic E-state index is -0.347. The topological polar surface area (TPSA) is 74.2 Å². The molecule has 6 heteroatoms. The van der Waals surface area contributed by atoms with Crippen LogP contribution in [0.15, 0.2) is 5.16 Å². The molecule has 0 aromatic rings. The van der Waals surface area contributed by atoms with Gasteiger partial charge in [-0.1, -0.05) is 25.9 Å². The molecule has 4 aliphatic carbocycles. The summed E-state index contributed by atoms with van der Waals surface area (Å²) < 4.78 is 0. The molecule has 2 N–H and O–H groups in total. The molecule has 2 unspecified atom stereocenters. The Hall–Kier alpha value is -1.14. The molecule has 0 radical (unpaired) electrons. The summed E-state index contributed by atoms with van der Waals surface area (Å²) in [6, 6.07) is 0.349. The first-order valence-electron chi connectivity index (χ1n) is 14.5. The van der Waals surface area contributed by atoms with Crippen LogP contribution in [-0.4, -0.2) is 54.1 Å². The number of aliphatic hydroxyl groups excluding tert-OH is 1. The van der Waals surface area contributed by atoms with E-state index in [9.17, 15) is 9.90 Å². The van der Waals surface area contributed by atoms with Gasteiger partial charge in [0.25, 0.3) is 0 Å². The molecule has 0 aromatic carbocycles. The van der Waals surface area contributed by atoms with Crippen LogP contribution >= 0.6 is 0 Å². The molecular formula is C29H49N3O3. The van der Waals surface area contributed by atoms with Crippen molar-refractivity contribution in [2.75, 3.05) is 20.1 Å². The maximum atomic E-state index is 12.6. The highest BCUT2D eigenvalue weighted by molar-refractivity contribution is 5.85. The van der Waals surface area contributed by atoms with Crippen molar-refractivity contribution in [2.24, 2.45) is 51.5 Å². The number of rotatable bonds is 4. The van der Waals surface area contributed by atoms with E-state index in [-0.39, 0.29) is 17.6 Å². The first-order valence-corrected chi connectivity index (χ1v) is 14.5. The number of oxime groups is 1. The van der Waals surface area contributed by atoms with Gasteiger partial charge in [-0.2, -0.15) is 0 Å². The van der Waals surface area contributed by atoms with Crippen LogP contribution in [0.4, 0.5) is 4.79 Å². The van der Waals surface area contributed by atoms with Gasteiger partial charge in [0.05, 0.1) is 11.8 Å². The van der Waals surface area contributed by atoms with Gasteiger partial charge in [0, 0.05) is 25.6 Å². The lowest BCUT2D eigenvalue weighted by Crippen LogP contribution is -2.54. The standard InChI is InChI=1S/C29H49N3O3/c1-18-14-21(30-16-18)17-32(5)27(34)35-31-19(2)24-8-9-25-23-7-6-20-15-22(33)10-12-28(20,3)26(23)11-13-29(24,25)4/h18,20-26,30,33H,6-17H2,1-5H3/b31-19+/t18?,20-,21?,22+,23+,24-,25+,26+,28+,29-/m1/s1. The lowest BCUT2D eigenvalue weighted by Gasteiger charge is -2.61. The zero-order valence-electron chi connectivity index (χ0n) is 22.8. The van der Waals surface area contributed by atoms with Gasteiger partial charge in [0.15, 0.2) is 0 Å². The fourth-order valence-corrected chi connectivity index (χ4v) is 9.73. The van der Waals surface area contributed by atoms with Crippen molar-refractivity contribution in [1.82, 2.24) is 10.2 Å². The monoisotopic (exact) mass is 487 g/mol. The molecule has 0 aromatic heterocycles. The van der Waals surface area contributed by atoms with Crippen LogP contribution in [0.25, 0.3) is 0 Å². The van der Waals surface area contributed by atoms with E-state index < -0.39 is 0 Å². The molecule has 5 rings (SSSR count). The number of amides is 1. The second-order valence-electron chi connectivity index (χ2n) is 13.7. The highest BCUT2D eigenvalue weighted by atomic mass is 16.7. The van der Waals surface area contributed by atoms with E-state index in [1.54, 1.807) is 4.90 Å². The fraction of sp³-hybridized carbons (Fsp3) is 0.931. The number of aliphatic hydroxyl groups is 1. The second-order valence-corrected chi connectivity index (χ2v) is 13.7. The number of nitrogens with one attached hydrogen (secondary N) is 1. The van der Waals surface area contributed by atoms with Crippen molar-refractivity contribution in [1.29, 1.82) is 0 Å². The fourth-order valence-electron chi connectivity index (χ4n) is 9.73. The third-order valence-corrected chi connectivity index (χ3v) is 11.7. The number of fused-ring (bicyclic) bond motifs is 5. The lowest BCUT2D eigenvalue weighted by atomic mass is 9.44. The van der Waals surface area contributed by atoms with Crippen LogP contribution in [0.2, 0.25) is 0 Å². The van der Waals surface area contributed by atoms with Gasteiger partial charge in [-0.3, -0.25) is 4.84 Å². The highest BCUT2D eigenvalue weighted by Gasteiger charge is 2.60. The van der Waals surface area contributed by atoms with E-state index in [1.165, 1.54) is 38.5 Å². The van der Waals surface area contributed by atoms with Gasteiger partial charge in [0.1, 0.15) is 0 Å². The van der Waals surface area contributed by atoms with Gasteiger partial charge >= 0.3 is 6.09 Å². The van der Waals surface area contributed by atoms with Gasteiger partial charge in [-0.05, 0) is 118 Å². The van der Waals surface area contributed by atoms with Crippen LogP contribution in [-0.2, 0) is 4.84 Å². The maximum Gasteiger partial charge on any atom is 0.435 e. The summed E-state index contributed by atoms with van der Waals surface area (Å²) in [5.74, 6) is 4.13. The Morgan fingerprint density at radius 2 is 1.80 bits per heavy atom. The Bertz CT molecular complexity index is 832. The zero-order chi connectivity index (χ0) is 25.0. The molecule has 35 heavy (non-hydrogen) atoms. The van der Waals surface area contributed by atoms with E-state index in [1.807, 2.05) is 7.05 Å². The third-order valence-electron chi connectivity index (χ3n) is 11.7. The van der Waals surface area contributed by atoms with Crippen molar-refractivity contribution in [3.63, 3.8) is 0 Å². The number of carbonyl (C=O) groups excluding carboxylic acids is 1. The van der Waals surface area contributed by atoms with Crippen LogP contribution < -0.4 is 5.32 Å². The van der Waals surface area contributed by atoms with Gasteiger partial charge in [-0.15, -0.1) is 0 Å². The molecule has 0 bridgehead atoms. The summed E-state index contributed by atoms with van der Waals surface area (Å²) in [4.78, 5) is 19.8. The maximum absolute atomic E-state index is 12.6. The van der Waals surface area contributed by atoms with E-state index in [2.05, 4.69) is 38.2 Å². The molecule has 10 atom stereocenters. The van der Waals surface area contributed by atoms with E-state index in [4.69, 9.17) is 4.84 Å². The number of likely N-dealkylation sites (N-methyl/N-ethyl adjacent to an activating group) is 1. The molecule has 0 spiro atoms. The first kappa shape index (κ1) is 25.5. The number of hydrogen-bond acceptors (Lipinski definition) is 5. The first-order chi connectivity index (χ1) is 16.6. The van der Waals surface area contributed by atoms with Crippen LogP contribution in [0.1, 0.15) is 91.9 Å². The normalized spacial score (nSPS) is 47.5. The van der Waals surface area contributed by atoms with Gasteiger partial charge < -0.3 is 15.3 Å². The largest absolute Gasteiger partial charge is 0.435 e. The van der Waals surface area contributed by atoms with Crippen molar-refractivity contribution in [2.45, 2.75) is 104 Å². The van der Waals surface area contributed by atoms with Crippen molar-refractivity contribution in [3.05, 3.63) is 0 Å². The van der Waals surface area contributed by atoms with Crippen LogP contribution in [0.3, 0.4) is 0 Å². The number of carbonyl (C=O) groups is 1. The summed E-state index contributed by atoms with van der Waals surface area (Å²) in [5.41, 5.74) is 1.67. The number of nitrogens with zero attached hydrogens (tertiary/aromatic N) is 2. The molecule has 1 aliphatic heterocycles. The average molecular weight is 488 g/mol. The Morgan fingerprint density at radius 3 is 2.54 bits per heavy atom. The lowest BCUT2D eigenvalue weighted by molar-refractivity contribution is -0.123. The molecule has 6 nitrogen and oxygen atoms in total. The summed E-state index contributed by atoms with van der Waals surface area (Å²) in [7, 11) is 1.81. The van der Waals surface area contributed by atoms with Gasteiger partial charge in [0.2, 0.25) is 0 Å². The Kier molecular flexibility index (Phi) is 7.02. The zero-order valence-corrected chi connectivity index (χ0v) is 22.8. The quantitative estimate of drug-likeness (QED) is 0.314. The molecule has 5 fully saturated rings. The van der Waals surface area contributed by atoms with Crippen molar-refractivity contribution >= 4 is 11.8 Å². The highest BCUT2D eigenvalue weighted by Crippen LogP contribution is 2.67. The molecule has 198 valence electrons. The minimum Gasteiger partial charge on any atom is -0.393 e. The summed E-state index contributed by atoms with van der Waals surface area (Å²) in [5, 5.41) is 18.2. The molecule has 1 amide bonds. The molecule has 1 saturated heterocycles. The Balaban J connectivity index is 1.22. The second kappa shape index (κ2) is 9.63. The van der Waals surface area contributed by atoms with E-state index in [0.29, 0.717) is 35.8 Å². The van der Waals surface area contributed by atoms with Gasteiger partial charge in [-0.25, -0.2) is 4.79 Å². The van der Waals surface area contributed by atoms with E-state index in [0.717, 1.165) is 55.7 Å². The number of hydrogen-bond donors (Lipinski definition) is 2. The molecule has 5 aliphatic rings. The minimum absolute atomic E-state index is 0.0760. The van der Waals surface area contributed by atoms with Crippen molar-refractivity contribution in [3.8, 4) is 0 Å². The Labute approximate surface area is 212 Å².